The van der Waals surface area contributed by atoms with Gasteiger partial charge in [0.2, 0.25) is 0 Å². The highest BCUT2D eigenvalue weighted by Gasteiger charge is 2.14. The van der Waals surface area contributed by atoms with Gasteiger partial charge in [-0.15, -0.1) is 0 Å². The molecule has 20 heavy (non-hydrogen) atoms. The van der Waals surface area contributed by atoms with Crippen LogP contribution in [0.25, 0.3) is 0 Å². The van der Waals surface area contributed by atoms with E-state index in [1.807, 2.05) is 24.3 Å². The van der Waals surface area contributed by atoms with Crippen LogP contribution in [-0.4, -0.2) is 7.11 Å². The molecular formula is C18H23NO. The first-order valence-electron chi connectivity index (χ1n) is 6.98. The maximum atomic E-state index is 6.40. The fourth-order valence-electron chi connectivity index (χ4n) is 2.83. The van der Waals surface area contributed by atoms with Crippen molar-refractivity contribution in [2.75, 3.05) is 7.11 Å². The van der Waals surface area contributed by atoms with Crippen molar-refractivity contribution in [2.24, 2.45) is 5.73 Å². The van der Waals surface area contributed by atoms with Gasteiger partial charge in [-0.2, -0.15) is 0 Å². The van der Waals surface area contributed by atoms with Gasteiger partial charge >= 0.3 is 0 Å². The quantitative estimate of drug-likeness (QED) is 0.914. The van der Waals surface area contributed by atoms with Crippen molar-refractivity contribution in [3.05, 3.63) is 64.2 Å². The number of methoxy groups -OCH3 is 1. The number of hydrogen-bond donors (Lipinski definition) is 1. The van der Waals surface area contributed by atoms with Gasteiger partial charge in [-0.1, -0.05) is 35.9 Å². The van der Waals surface area contributed by atoms with Gasteiger partial charge in [-0.3, -0.25) is 0 Å². The third-order valence-corrected chi connectivity index (χ3v) is 3.80. The van der Waals surface area contributed by atoms with E-state index in [2.05, 4.69) is 32.9 Å². The third-order valence-electron chi connectivity index (χ3n) is 3.80. The Morgan fingerprint density at radius 2 is 1.65 bits per heavy atom. The first-order chi connectivity index (χ1) is 9.52. The molecule has 0 bridgehead atoms. The highest BCUT2D eigenvalue weighted by atomic mass is 16.5. The van der Waals surface area contributed by atoms with E-state index in [0.29, 0.717) is 0 Å². The second-order valence-electron chi connectivity index (χ2n) is 5.43. The maximum absolute atomic E-state index is 6.40. The molecule has 0 saturated heterocycles. The minimum atomic E-state index is -0.0498. The molecule has 106 valence electrons. The molecule has 2 N–H and O–H groups in total. The molecule has 1 atom stereocenters. The first-order valence-corrected chi connectivity index (χ1v) is 6.98. The highest BCUT2D eigenvalue weighted by molar-refractivity contribution is 5.41. The van der Waals surface area contributed by atoms with Crippen LogP contribution >= 0.6 is 0 Å². The number of nitrogens with two attached hydrogens (primary N) is 1. The normalized spacial score (nSPS) is 12.2. The molecule has 2 rings (SSSR count). The van der Waals surface area contributed by atoms with Crippen LogP contribution < -0.4 is 10.5 Å². The predicted molar refractivity (Wildman–Crippen MR) is 84.3 cm³/mol. The topological polar surface area (TPSA) is 35.2 Å². The Bertz CT molecular complexity index is 581. The van der Waals surface area contributed by atoms with Crippen molar-refractivity contribution < 1.29 is 4.74 Å². The van der Waals surface area contributed by atoms with Crippen LogP contribution in [0, 0.1) is 20.8 Å². The molecular weight excluding hydrogens is 246 g/mol. The van der Waals surface area contributed by atoms with Gasteiger partial charge < -0.3 is 10.5 Å². The molecule has 0 aliphatic carbocycles. The van der Waals surface area contributed by atoms with Gasteiger partial charge in [-0.05, 0) is 49.9 Å². The van der Waals surface area contributed by atoms with E-state index in [9.17, 15) is 0 Å². The Morgan fingerprint density at radius 3 is 2.25 bits per heavy atom. The van der Waals surface area contributed by atoms with Crippen LogP contribution in [0.15, 0.2) is 36.4 Å². The molecule has 0 fully saturated rings. The Labute approximate surface area is 121 Å². The molecule has 2 nitrogen and oxygen atoms in total. The molecule has 1 unspecified atom stereocenters. The third kappa shape index (κ3) is 3.02. The van der Waals surface area contributed by atoms with E-state index < -0.39 is 0 Å². The first kappa shape index (κ1) is 14.6. The molecule has 2 heteroatoms. The summed E-state index contributed by atoms with van der Waals surface area (Å²) in [6, 6.07) is 12.4. The maximum Gasteiger partial charge on any atom is 0.123 e. The lowest BCUT2D eigenvalue weighted by Crippen LogP contribution is -2.16. The smallest absolute Gasteiger partial charge is 0.123 e. The van der Waals surface area contributed by atoms with Gasteiger partial charge in [0.15, 0.2) is 0 Å². The summed E-state index contributed by atoms with van der Waals surface area (Å²) in [6.45, 7) is 6.44. The lowest BCUT2D eigenvalue weighted by Gasteiger charge is -2.18. The second-order valence-corrected chi connectivity index (χ2v) is 5.43. The lowest BCUT2D eigenvalue weighted by atomic mass is 9.92. The average Bonchev–Trinajstić information content (AvgIpc) is 2.42. The van der Waals surface area contributed by atoms with Crippen LogP contribution in [0.5, 0.6) is 5.75 Å². The van der Waals surface area contributed by atoms with Gasteiger partial charge in [0, 0.05) is 11.6 Å². The molecule has 0 aliphatic rings. The Balaban J connectivity index is 2.30. The number of benzene rings is 2. The monoisotopic (exact) mass is 269 g/mol. The number of para-hydroxylation sites is 1. The Hall–Kier alpha value is -1.80. The van der Waals surface area contributed by atoms with E-state index in [1.54, 1.807) is 7.11 Å². The van der Waals surface area contributed by atoms with Crippen molar-refractivity contribution in [1.82, 2.24) is 0 Å². The summed E-state index contributed by atoms with van der Waals surface area (Å²) in [7, 11) is 1.69. The summed E-state index contributed by atoms with van der Waals surface area (Å²) in [5.41, 5.74) is 12.7. The molecule has 0 saturated carbocycles. The Kier molecular flexibility index (Phi) is 4.46. The second kappa shape index (κ2) is 6.10. The number of hydrogen-bond acceptors (Lipinski definition) is 2. The molecule has 0 radical (unpaired) electrons. The summed E-state index contributed by atoms with van der Waals surface area (Å²) in [4.78, 5) is 0. The molecule has 2 aromatic rings. The van der Waals surface area contributed by atoms with Gasteiger partial charge in [0.05, 0.1) is 7.11 Å². The molecule has 0 amide bonds. The van der Waals surface area contributed by atoms with Gasteiger partial charge in [0.1, 0.15) is 5.75 Å². The van der Waals surface area contributed by atoms with Crippen molar-refractivity contribution in [3.63, 3.8) is 0 Å². The van der Waals surface area contributed by atoms with Crippen LogP contribution in [0.4, 0.5) is 0 Å². The molecule has 0 aliphatic heterocycles. The summed E-state index contributed by atoms with van der Waals surface area (Å²) in [6.07, 6.45) is 0.832. The number of aryl methyl sites for hydroxylation is 3. The van der Waals surface area contributed by atoms with Crippen LogP contribution in [0.2, 0.25) is 0 Å². The van der Waals surface area contributed by atoms with E-state index in [1.165, 1.54) is 22.3 Å². The zero-order valence-electron chi connectivity index (χ0n) is 12.7. The number of rotatable bonds is 4. The van der Waals surface area contributed by atoms with E-state index in [0.717, 1.165) is 17.7 Å². The standard InChI is InChI=1S/C18H23NO/c1-12-9-13(2)16(14(3)10-12)11-17(19)15-7-5-6-8-18(15)20-4/h5-10,17H,11,19H2,1-4H3. The van der Waals surface area contributed by atoms with Crippen molar-refractivity contribution >= 4 is 0 Å². The van der Waals surface area contributed by atoms with Crippen molar-refractivity contribution in [1.29, 1.82) is 0 Å². The van der Waals surface area contributed by atoms with Gasteiger partial charge in [0.25, 0.3) is 0 Å². The fourth-order valence-corrected chi connectivity index (χ4v) is 2.83. The van der Waals surface area contributed by atoms with Crippen molar-refractivity contribution in [3.8, 4) is 5.75 Å². The minimum Gasteiger partial charge on any atom is -0.496 e. The molecule has 2 aromatic carbocycles. The SMILES string of the molecule is COc1ccccc1C(N)Cc1c(C)cc(C)cc1C. The van der Waals surface area contributed by atoms with Crippen LogP contribution in [0.3, 0.4) is 0 Å². The summed E-state index contributed by atoms with van der Waals surface area (Å²) < 4.78 is 5.40. The lowest BCUT2D eigenvalue weighted by molar-refractivity contribution is 0.405. The zero-order valence-corrected chi connectivity index (χ0v) is 12.7. The van der Waals surface area contributed by atoms with E-state index in [-0.39, 0.29) is 6.04 Å². The summed E-state index contributed by atoms with van der Waals surface area (Å²) in [5.74, 6) is 0.863. The van der Waals surface area contributed by atoms with E-state index in [4.69, 9.17) is 10.5 Å². The summed E-state index contributed by atoms with van der Waals surface area (Å²) >= 11 is 0. The van der Waals surface area contributed by atoms with Crippen molar-refractivity contribution in [2.45, 2.75) is 33.2 Å². The minimum absolute atomic E-state index is 0.0498. The van der Waals surface area contributed by atoms with Gasteiger partial charge in [-0.25, -0.2) is 0 Å². The molecule has 0 spiro atoms. The Morgan fingerprint density at radius 1 is 1.05 bits per heavy atom. The largest absolute Gasteiger partial charge is 0.496 e. The molecule has 0 heterocycles. The average molecular weight is 269 g/mol. The van der Waals surface area contributed by atoms with Crippen LogP contribution in [0.1, 0.15) is 33.9 Å². The van der Waals surface area contributed by atoms with Crippen LogP contribution in [-0.2, 0) is 6.42 Å². The summed E-state index contributed by atoms with van der Waals surface area (Å²) in [5, 5.41) is 0. The highest BCUT2D eigenvalue weighted by Crippen LogP contribution is 2.28. The molecule has 0 aromatic heterocycles. The predicted octanol–water partition coefficient (Wildman–Crippen LogP) is 3.86. The zero-order chi connectivity index (χ0) is 14.7. The number of ether oxygens (including phenoxy) is 1. The fraction of sp³-hybridized carbons (Fsp3) is 0.333. The van der Waals surface area contributed by atoms with E-state index >= 15 is 0 Å².